The van der Waals surface area contributed by atoms with Crippen LogP contribution in [0.4, 0.5) is 0 Å². The Morgan fingerprint density at radius 1 is 0.368 bits per heavy atom. The minimum atomic E-state index is -0.777. The molecule has 0 fully saturated rings. The minimum absolute atomic E-state index is 0.0776. The van der Waals surface area contributed by atoms with Gasteiger partial charge in [0.15, 0.2) is 6.10 Å². The van der Waals surface area contributed by atoms with Gasteiger partial charge in [0.2, 0.25) is 0 Å². The molecule has 0 saturated carbocycles. The summed E-state index contributed by atoms with van der Waals surface area (Å²) >= 11 is 0. The first-order valence-corrected chi connectivity index (χ1v) is 24.5. The average molecular weight is 801 g/mol. The van der Waals surface area contributed by atoms with Crippen molar-refractivity contribution in [2.45, 2.75) is 258 Å². The van der Waals surface area contributed by atoms with E-state index in [0.717, 1.165) is 89.9 Å². The van der Waals surface area contributed by atoms with Crippen molar-refractivity contribution in [2.24, 2.45) is 0 Å². The Kier molecular flexibility index (Phi) is 44.4. The van der Waals surface area contributed by atoms with Crippen LogP contribution in [-0.2, 0) is 28.6 Å². The Bertz CT molecular complexity index is 969. The number of esters is 3. The summed E-state index contributed by atoms with van der Waals surface area (Å²) in [5.74, 6) is -0.893. The van der Waals surface area contributed by atoms with Gasteiger partial charge in [0, 0.05) is 19.3 Å². The molecule has 0 aromatic rings. The maximum atomic E-state index is 12.7. The minimum Gasteiger partial charge on any atom is -0.462 e. The van der Waals surface area contributed by atoms with Crippen molar-refractivity contribution in [3.05, 3.63) is 36.5 Å². The SMILES string of the molecule is CC/C=C\C/C=C\C/C=C\CCCCCCC(=O)OC(COC(=O)CCCCCCCCCCCC)COC(=O)CCCCCCCCCCCCCCCCC. The third-order valence-corrected chi connectivity index (χ3v) is 10.7. The van der Waals surface area contributed by atoms with Gasteiger partial charge in [-0.25, -0.2) is 0 Å². The Labute approximate surface area is 353 Å². The largest absolute Gasteiger partial charge is 0.462 e. The van der Waals surface area contributed by atoms with Gasteiger partial charge < -0.3 is 14.2 Å². The van der Waals surface area contributed by atoms with E-state index < -0.39 is 6.10 Å². The summed E-state index contributed by atoms with van der Waals surface area (Å²) < 4.78 is 16.7. The summed E-state index contributed by atoms with van der Waals surface area (Å²) in [5.41, 5.74) is 0. The van der Waals surface area contributed by atoms with Crippen LogP contribution in [-0.4, -0.2) is 37.2 Å². The highest BCUT2D eigenvalue weighted by molar-refractivity contribution is 5.71. The van der Waals surface area contributed by atoms with Crippen LogP contribution in [0.1, 0.15) is 252 Å². The second-order valence-electron chi connectivity index (χ2n) is 16.4. The van der Waals surface area contributed by atoms with Crippen molar-refractivity contribution in [1.29, 1.82) is 0 Å². The fraction of sp³-hybridized carbons (Fsp3) is 0.824. The number of allylic oxidation sites excluding steroid dienone is 6. The highest BCUT2D eigenvalue weighted by Crippen LogP contribution is 2.15. The van der Waals surface area contributed by atoms with Crippen molar-refractivity contribution >= 4 is 17.9 Å². The average Bonchev–Trinajstić information content (AvgIpc) is 3.21. The number of ether oxygens (including phenoxy) is 3. The van der Waals surface area contributed by atoms with E-state index in [1.165, 1.54) is 122 Å². The molecule has 1 atom stereocenters. The molecule has 0 radical (unpaired) electrons. The van der Waals surface area contributed by atoms with Crippen LogP contribution in [0.15, 0.2) is 36.5 Å². The quantitative estimate of drug-likeness (QED) is 0.0264. The lowest BCUT2D eigenvalue weighted by atomic mass is 10.0. The zero-order valence-electron chi connectivity index (χ0n) is 37.9. The second-order valence-corrected chi connectivity index (χ2v) is 16.4. The third-order valence-electron chi connectivity index (χ3n) is 10.7. The Hall–Kier alpha value is -2.37. The lowest BCUT2D eigenvalue weighted by Crippen LogP contribution is -2.30. The molecule has 0 spiro atoms. The molecule has 0 aliphatic heterocycles. The number of hydrogen-bond donors (Lipinski definition) is 0. The molecule has 6 heteroatoms. The monoisotopic (exact) mass is 801 g/mol. The van der Waals surface area contributed by atoms with Gasteiger partial charge in [0.05, 0.1) is 0 Å². The molecule has 0 aromatic heterocycles. The predicted octanol–water partition coefficient (Wildman–Crippen LogP) is 15.8. The van der Waals surface area contributed by atoms with Gasteiger partial charge in [0.1, 0.15) is 13.2 Å². The second kappa shape index (κ2) is 46.3. The zero-order chi connectivity index (χ0) is 41.5. The maximum Gasteiger partial charge on any atom is 0.306 e. The van der Waals surface area contributed by atoms with E-state index in [1.54, 1.807) is 0 Å². The predicted molar refractivity (Wildman–Crippen MR) is 242 cm³/mol. The molecule has 0 aromatic carbocycles. The van der Waals surface area contributed by atoms with Crippen molar-refractivity contribution in [1.82, 2.24) is 0 Å². The first-order chi connectivity index (χ1) is 28.0. The standard InChI is InChI=1S/C51H92O6/c1-4-7-10-13-16-19-22-24-26-28-29-32-35-38-41-44-50(53)56-47-48(46-55-49(52)43-40-37-34-31-21-18-15-12-9-6-3)57-51(54)45-42-39-36-33-30-27-25-23-20-17-14-11-8-5-2/h8,11,17,20,25,27,48H,4-7,9-10,12-16,18-19,21-24,26,28-47H2,1-3H3/b11-8-,20-17-,27-25-. The smallest absolute Gasteiger partial charge is 0.306 e. The van der Waals surface area contributed by atoms with Crippen molar-refractivity contribution in [3.8, 4) is 0 Å². The number of hydrogen-bond acceptors (Lipinski definition) is 6. The third kappa shape index (κ3) is 44.6. The van der Waals surface area contributed by atoms with Crippen molar-refractivity contribution in [2.75, 3.05) is 13.2 Å². The van der Waals surface area contributed by atoms with Crippen LogP contribution < -0.4 is 0 Å². The number of carbonyl (C=O) groups excluding carboxylic acids is 3. The molecule has 0 aliphatic rings. The van der Waals surface area contributed by atoms with Gasteiger partial charge in [0.25, 0.3) is 0 Å². The summed E-state index contributed by atoms with van der Waals surface area (Å²) in [6, 6.07) is 0. The molecule has 0 rings (SSSR count). The van der Waals surface area contributed by atoms with E-state index in [2.05, 4.69) is 57.2 Å². The molecule has 0 saturated heterocycles. The molecule has 0 aliphatic carbocycles. The van der Waals surface area contributed by atoms with E-state index in [1.807, 2.05) is 0 Å². The van der Waals surface area contributed by atoms with Crippen LogP contribution >= 0.6 is 0 Å². The van der Waals surface area contributed by atoms with Crippen LogP contribution in [0, 0.1) is 0 Å². The maximum absolute atomic E-state index is 12.7. The summed E-state index contributed by atoms with van der Waals surface area (Å²) in [6.45, 7) is 6.51. The summed E-state index contributed by atoms with van der Waals surface area (Å²) in [7, 11) is 0. The van der Waals surface area contributed by atoms with E-state index >= 15 is 0 Å². The fourth-order valence-corrected chi connectivity index (χ4v) is 6.99. The molecular weight excluding hydrogens is 709 g/mol. The molecule has 0 amide bonds. The van der Waals surface area contributed by atoms with E-state index in [9.17, 15) is 14.4 Å². The van der Waals surface area contributed by atoms with Crippen LogP contribution in [0.25, 0.3) is 0 Å². The van der Waals surface area contributed by atoms with E-state index in [-0.39, 0.29) is 31.1 Å². The van der Waals surface area contributed by atoms with Gasteiger partial charge in [-0.3, -0.25) is 14.4 Å². The number of rotatable bonds is 44. The van der Waals surface area contributed by atoms with Gasteiger partial charge >= 0.3 is 17.9 Å². The Balaban J connectivity index is 4.36. The summed E-state index contributed by atoms with van der Waals surface area (Å²) in [5, 5.41) is 0. The van der Waals surface area contributed by atoms with Gasteiger partial charge in [-0.05, 0) is 51.4 Å². The van der Waals surface area contributed by atoms with Gasteiger partial charge in [-0.15, -0.1) is 0 Å². The highest BCUT2D eigenvalue weighted by atomic mass is 16.6. The normalized spacial score (nSPS) is 12.3. The first kappa shape index (κ1) is 54.6. The Morgan fingerprint density at radius 3 is 1.07 bits per heavy atom. The van der Waals surface area contributed by atoms with Gasteiger partial charge in [-0.1, -0.05) is 218 Å². The number of unbranched alkanes of at least 4 members (excludes halogenated alkanes) is 27. The number of carbonyl (C=O) groups is 3. The molecule has 57 heavy (non-hydrogen) atoms. The van der Waals surface area contributed by atoms with Gasteiger partial charge in [-0.2, -0.15) is 0 Å². The lowest BCUT2D eigenvalue weighted by molar-refractivity contribution is -0.167. The molecule has 6 nitrogen and oxygen atoms in total. The molecular formula is C51H92O6. The van der Waals surface area contributed by atoms with Crippen LogP contribution in [0.2, 0.25) is 0 Å². The summed E-state index contributed by atoms with van der Waals surface area (Å²) in [6.07, 6.45) is 52.7. The first-order valence-electron chi connectivity index (χ1n) is 24.5. The zero-order valence-corrected chi connectivity index (χ0v) is 37.9. The molecule has 0 bridgehead atoms. The highest BCUT2D eigenvalue weighted by Gasteiger charge is 2.19. The van der Waals surface area contributed by atoms with Crippen LogP contribution in [0.3, 0.4) is 0 Å². The molecule has 1 unspecified atom stereocenters. The fourth-order valence-electron chi connectivity index (χ4n) is 6.99. The summed E-state index contributed by atoms with van der Waals surface area (Å²) in [4.78, 5) is 37.8. The van der Waals surface area contributed by atoms with Crippen LogP contribution in [0.5, 0.6) is 0 Å². The van der Waals surface area contributed by atoms with E-state index in [0.29, 0.717) is 19.3 Å². The van der Waals surface area contributed by atoms with Crippen molar-refractivity contribution in [3.63, 3.8) is 0 Å². The lowest BCUT2D eigenvalue weighted by Gasteiger charge is -2.18. The molecule has 0 N–H and O–H groups in total. The van der Waals surface area contributed by atoms with Crippen molar-refractivity contribution < 1.29 is 28.6 Å². The molecule has 0 heterocycles. The van der Waals surface area contributed by atoms with E-state index in [4.69, 9.17) is 14.2 Å². The Morgan fingerprint density at radius 2 is 0.684 bits per heavy atom. The topological polar surface area (TPSA) is 78.9 Å². The molecule has 332 valence electrons.